The number of carbonyl (C=O) groups is 1. The molecule has 0 atom stereocenters. The molecule has 0 aliphatic heterocycles. The Balaban J connectivity index is 2.31. The van der Waals surface area contributed by atoms with E-state index in [9.17, 15) is 14.3 Å². The second kappa shape index (κ2) is 8.10. The summed E-state index contributed by atoms with van der Waals surface area (Å²) in [5.74, 6) is -0.323. The number of amides is 1. The highest BCUT2D eigenvalue weighted by Gasteiger charge is 2.18. The number of likely N-dealkylation sites (N-methyl/N-ethyl adjacent to an activating group) is 1. The summed E-state index contributed by atoms with van der Waals surface area (Å²) in [7, 11) is 0. The van der Waals surface area contributed by atoms with E-state index in [0.29, 0.717) is 26.1 Å². The van der Waals surface area contributed by atoms with Crippen molar-refractivity contribution in [1.29, 1.82) is 0 Å². The van der Waals surface area contributed by atoms with Gasteiger partial charge >= 0.3 is 0 Å². The fourth-order valence-electron chi connectivity index (χ4n) is 2.08. The van der Waals surface area contributed by atoms with E-state index in [-0.39, 0.29) is 18.3 Å². The van der Waals surface area contributed by atoms with Crippen molar-refractivity contribution in [3.63, 3.8) is 0 Å². The first kappa shape index (κ1) is 17.6. The average molecular weight is 296 g/mol. The second-order valence-electron chi connectivity index (χ2n) is 5.84. The molecule has 0 aliphatic carbocycles. The lowest BCUT2D eigenvalue weighted by Crippen LogP contribution is -2.44. The van der Waals surface area contributed by atoms with Gasteiger partial charge in [0.1, 0.15) is 5.82 Å². The van der Waals surface area contributed by atoms with E-state index >= 15 is 0 Å². The van der Waals surface area contributed by atoms with Gasteiger partial charge in [-0.3, -0.25) is 9.69 Å². The summed E-state index contributed by atoms with van der Waals surface area (Å²) >= 11 is 0. The number of nitrogens with zero attached hydrogens (tertiary/aromatic N) is 1. The van der Waals surface area contributed by atoms with Crippen LogP contribution in [-0.4, -0.2) is 47.7 Å². The van der Waals surface area contributed by atoms with Crippen molar-refractivity contribution in [1.82, 2.24) is 10.2 Å². The van der Waals surface area contributed by atoms with Crippen molar-refractivity contribution in [2.75, 3.05) is 26.2 Å². The molecule has 0 heterocycles. The predicted octanol–water partition coefficient (Wildman–Crippen LogP) is 1.58. The molecule has 118 valence electrons. The smallest absolute Gasteiger partial charge is 0.234 e. The van der Waals surface area contributed by atoms with Crippen LogP contribution in [0.5, 0.6) is 0 Å². The van der Waals surface area contributed by atoms with Gasteiger partial charge in [0.25, 0.3) is 0 Å². The van der Waals surface area contributed by atoms with Gasteiger partial charge in [0.05, 0.1) is 12.1 Å². The van der Waals surface area contributed by atoms with E-state index in [1.807, 2.05) is 11.8 Å². The number of rotatable bonds is 8. The molecule has 1 amide bonds. The third-order valence-corrected chi connectivity index (χ3v) is 3.07. The van der Waals surface area contributed by atoms with Crippen molar-refractivity contribution in [3.8, 4) is 0 Å². The zero-order valence-corrected chi connectivity index (χ0v) is 13.0. The predicted molar refractivity (Wildman–Crippen MR) is 81.5 cm³/mol. The maximum Gasteiger partial charge on any atom is 0.234 e. The Hall–Kier alpha value is -1.46. The fraction of sp³-hybridized carbons (Fsp3) is 0.562. The molecular weight excluding hydrogens is 271 g/mol. The Labute approximate surface area is 126 Å². The molecule has 0 aromatic heterocycles. The van der Waals surface area contributed by atoms with Gasteiger partial charge in [0, 0.05) is 13.1 Å². The molecule has 0 spiro atoms. The van der Waals surface area contributed by atoms with E-state index in [4.69, 9.17) is 0 Å². The lowest BCUT2D eigenvalue weighted by molar-refractivity contribution is -0.122. The molecule has 0 unspecified atom stereocenters. The van der Waals surface area contributed by atoms with Crippen LogP contribution >= 0.6 is 0 Å². The minimum absolute atomic E-state index is 0.0665. The topological polar surface area (TPSA) is 52.6 Å². The summed E-state index contributed by atoms with van der Waals surface area (Å²) < 4.78 is 12.8. The normalized spacial score (nSPS) is 11.7. The third-order valence-electron chi connectivity index (χ3n) is 3.07. The SMILES string of the molecule is CCN(CC(=O)NCCc1ccc(F)cc1)CC(C)(C)O. The molecule has 21 heavy (non-hydrogen) atoms. The van der Waals surface area contributed by atoms with E-state index in [1.54, 1.807) is 26.0 Å². The Morgan fingerprint density at radius 2 is 1.95 bits per heavy atom. The molecule has 1 aromatic carbocycles. The molecule has 4 nitrogen and oxygen atoms in total. The number of halogens is 1. The molecule has 5 heteroatoms. The zero-order chi connectivity index (χ0) is 15.9. The van der Waals surface area contributed by atoms with Crippen LogP contribution in [0.4, 0.5) is 4.39 Å². The standard InChI is InChI=1S/C16H25FN2O2/c1-4-19(12-16(2,3)21)11-15(20)18-10-9-13-5-7-14(17)8-6-13/h5-8,21H,4,9-12H2,1-3H3,(H,18,20). The number of carbonyl (C=O) groups excluding carboxylic acids is 1. The van der Waals surface area contributed by atoms with Crippen LogP contribution in [0, 0.1) is 5.82 Å². The lowest BCUT2D eigenvalue weighted by Gasteiger charge is -2.27. The van der Waals surface area contributed by atoms with E-state index < -0.39 is 5.60 Å². The number of hydrogen-bond acceptors (Lipinski definition) is 3. The van der Waals surface area contributed by atoms with Gasteiger partial charge in [-0.05, 0) is 44.5 Å². The van der Waals surface area contributed by atoms with E-state index in [0.717, 1.165) is 5.56 Å². The molecule has 0 radical (unpaired) electrons. The highest BCUT2D eigenvalue weighted by Crippen LogP contribution is 2.05. The first-order valence-electron chi connectivity index (χ1n) is 7.26. The summed E-state index contributed by atoms with van der Waals surface area (Å²) in [4.78, 5) is 13.7. The quantitative estimate of drug-likeness (QED) is 0.766. The average Bonchev–Trinajstić information content (AvgIpc) is 2.38. The zero-order valence-electron chi connectivity index (χ0n) is 13.0. The van der Waals surface area contributed by atoms with Crippen LogP contribution in [-0.2, 0) is 11.2 Å². The minimum atomic E-state index is -0.815. The molecular formula is C16H25FN2O2. The maximum absolute atomic E-state index is 12.8. The van der Waals surface area contributed by atoms with Crippen LogP contribution in [0.25, 0.3) is 0 Å². The Morgan fingerprint density at radius 3 is 2.48 bits per heavy atom. The van der Waals surface area contributed by atoms with Gasteiger partial charge in [-0.2, -0.15) is 0 Å². The molecule has 0 aliphatic rings. The lowest BCUT2D eigenvalue weighted by atomic mass is 10.1. The number of aliphatic hydroxyl groups is 1. The van der Waals surface area contributed by atoms with Crippen molar-refractivity contribution in [2.45, 2.75) is 32.8 Å². The first-order valence-corrected chi connectivity index (χ1v) is 7.26. The van der Waals surface area contributed by atoms with E-state index in [1.165, 1.54) is 12.1 Å². The highest BCUT2D eigenvalue weighted by atomic mass is 19.1. The van der Waals surface area contributed by atoms with Crippen molar-refractivity contribution in [2.24, 2.45) is 0 Å². The van der Waals surface area contributed by atoms with E-state index in [2.05, 4.69) is 5.32 Å². The van der Waals surface area contributed by atoms with Crippen molar-refractivity contribution in [3.05, 3.63) is 35.6 Å². The Kier molecular flexibility index (Phi) is 6.78. The number of hydrogen-bond donors (Lipinski definition) is 2. The van der Waals surface area contributed by atoms with Crippen LogP contribution in [0.2, 0.25) is 0 Å². The van der Waals surface area contributed by atoms with Gasteiger partial charge in [-0.15, -0.1) is 0 Å². The third kappa shape index (κ3) is 7.78. The summed E-state index contributed by atoms with van der Waals surface area (Å²) in [6.07, 6.45) is 0.670. The summed E-state index contributed by atoms with van der Waals surface area (Å²) in [5, 5.41) is 12.6. The highest BCUT2D eigenvalue weighted by molar-refractivity contribution is 5.78. The molecule has 1 rings (SSSR count). The number of benzene rings is 1. The molecule has 0 saturated heterocycles. The van der Waals surface area contributed by atoms with Crippen LogP contribution in [0.15, 0.2) is 24.3 Å². The first-order chi connectivity index (χ1) is 9.80. The number of nitrogens with one attached hydrogen (secondary N) is 1. The Bertz CT molecular complexity index is 441. The fourth-order valence-corrected chi connectivity index (χ4v) is 2.08. The summed E-state index contributed by atoms with van der Waals surface area (Å²) in [6.45, 7) is 7.35. The molecule has 0 saturated carbocycles. The molecule has 1 aromatic rings. The van der Waals surface area contributed by atoms with Crippen LogP contribution in [0.3, 0.4) is 0 Å². The van der Waals surface area contributed by atoms with Crippen molar-refractivity contribution >= 4 is 5.91 Å². The second-order valence-corrected chi connectivity index (χ2v) is 5.84. The minimum Gasteiger partial charge on any atom is -0.389 e. The Morgan fingerprint density at radius 1 is 1.33 bits per heavy atom. The van der Waals surface area contributed by atoms with Crippen LogP contribution < -0.4 is 5.32 Å². The maximum atomic E-state index is 12.8. The molecule has 0 bridgehead atoms. The van der Waals surface area contributed by atoms with Gasteiger partial charge in [-0.25, -0.2) is 4.39 Å². The van der Waals surface area contributed by atoms with Gasteiger partial charge in [-0.1, -0.05) is 19.1 Å². The molecule has 0 fully saturated rings. The monoisotopic (exact) mass is 296 g/mol. The van der Waals surface area contributed by atoms with Gasteiger partial charge < -0.3 is 10.4 Å². The van der Waals surface area contributed by atoms with Gasteiger partial charge in [0.2, 0.25) is 5.91 Å². The summed E-state index contributed by atoms with van der Waals surface area (Å²) in [6, 6.07) is 6.26. The molecule has 2 N–H and O–H groups in total. The van der Waals surface area contributed by atoms with Crippen LogP contribution in [0.1, 0.15) is 26.3 Å². The summed E-state index contributed by atoms with van der Waals surface area (Å²) in [5.41, 5.74) is 0.172. The van der Waals surface area contributed by atoms with Gasteiger partial charge in [0.15, 0.2) is 0 Å². The van der Waals surface area contributed by atoms with Crippen molar-refractivity contribution < 1.29 is 14.3 Å². The largest absolute Gasteiger partial charge is 0.389 e.